The van der Waals surface area contributed by atoms with Gasteiger partial charge in [0.05, 0.1) is 10.0 Å². The molecule has 0 saturated carbocycles. The first-order chi connectivity index (χ1) is 47.0. The van der Waals surface area contributed by atoms with Crippen LogP contribution in [0.3, 0.4) is 0 Å². The Labute approximate surface area is 570 Å². The Morgan fingerprint density at radius 3 is 1.70 bits per heavy atom. The van der Waals surface area contributed by atoms with E-state index in [-0.39, 0.29) is 85.1 Å². The summed E-state index contributed by atoms with van der Waals surface area (Å²) in [4.78, 5) is 105. The van der Waals surface area contributed by atoms with E-state index >= 15 is 19.2 Å². The molecule has 5 aliphatic rings. The maximum Gasteiger partial charge on any atom is 0.248 e. The van der Waals surface area contributed by atoms with Gasteiger partial charge in [-0.3, -0.25) is 33.6 Å². The Balaban J connectivity index is 1.06. The number of nitrogens with one attached hydrogen (secondary N) is 9. The third-order valence-corrected chi connectivity index (χ3v) is 16.8. The van der Waals surface area contributed by atoms with Gasteiger partial charge >= 0.3 is 0 Å². The molecule has 514 valence electrons. The minimum Gasteiger partial charge on any atom is -0.508 e. The third-order valence-electron chi connectivity index (χ3n) is 16.2. The molecule has 0 fully saturated rings. The van der Waals surface area contributed by atoms with Gasteiger partial charge < -0.3 is 109 Å². The number of aliphatic hydroxyl groups excluding tert-OH is 1. The van der Waals surface area contributed by atoms with Gasteiger partial charge in [-0.1, -0.05) is 53.5 Å². The lowest BCUT2D eigenvalue weighted by Crippen LogP contribution is -2.55. The molecule has 7 aromatic carbocycles. The Hall–Kier alpha value is -10.6. The van der Waals surface area contributed by atoms with Gasteiger partial charge in [-0.25, -0.2) is 0 Å². The minimum absolute atomic E-state index is 0.0743. The van der Waals surface area contributed by atoms with Gasteiger partial charge in [0.25, 0.3) is 0 Å². The fraction of sp³-hybridized carbons (Fsp3) is 0.279. The van der Waals surface area contributed by atoms with Crippen LogP contribution in [0.5, 0.6) is 69.0 Å². The Bertz CT molecular complexity index is 4150. The summed E-state index contributed by atoms with van der Waals surface area (Å²) in [6.45, 7) is 3.52. The number of halogens is 2. The molecule has 0 aromatic heterocycles. The van der Waals surface area contributed by atoms with Crippen LogP contribution in [0.2, 0.25) is 10.0 Å². The molecule has 13 bridgehead atoms. The van der Waals surface area contributed by atoms with Crippen LogP contribution in [0, 0.1) is 0 Å². The summed E-state index contributed by atoms with van der Waals surface area (Å²) in [6, 6.07) is 12.3. The van der Waals surface area contributed by atoms with Crippen LogP contribution in [-0.4, -0.2) is 128 Å². The molecule has 0 unspecified atom stereocenters. The van der Waals surface area contributed by atoms with Gasteiger partial charge in [-0.15, -0.1) is 0 Å². The molecule has 8 atom stereocenters. The molecule has 7 aromatic rings. The number of phenolic OH excluding ortho intramolecular Hbond substituents is 6. The smallest absolute Gasteiger partial charge is 0.248 e. The van der Waals surface area contributed by atoms with Gasteiger partial charge in [-0.05, 0) is 182 Å². The number of nitrogens with two attached hydrogens (primary N) is 2. The fourth-order valence-corrected chi connectivity index (χ4v) is 11.6. The van der Waals surface area contributed by atoms with Gasteiger partial charge in [0.1, 0.15) is 88.6 Å². The molecule has 5 heterocycles. The highest BCUT2D eigenvalue weighted by molar-refractivity contribution is 6.32. The number of amides is 7. The summed E-state index contributed by atoms with van der Waals surface area (Å²) < 4.78 is 18.6. The average Bonchev–Trinajstić information content (AvgIpc) is 0.786. The van der Waals surface area contributed by atoms with E-state index in [1.807, 2.05) is 0 Å². The van der Waals surface area contributed by atoms with Crippen molar-refractivity contribution in [2.75, 3.05) is 39.3 Å². The Morgan fingerprint density at radius 2 is 1.06 bits per heavy atom. The number of ether oxygens (including phenoxy) is 3. The number of carbonyl (C=O) groups is 7. The van der Waals surface area contributed by atoms with Crippen LogP contribution in [0.1, 0.15) is 101 Å². The van der Waals surface area contributed by atoms with E-state index in [4.69, 9.17) is 48.9 Å². The highest BCUT2D eigenvalue weighted by Crippen LogP contribution is 2.47. The summed E-state index contributed by atoms with van der Waals surface area (Å²) in [5, 5.41) is 103. The van der Waals surface area contributed by atoms with E-state index in [0.717, 1.165) is 86.9 Å². The van der Waals surface area contributed by atoms with Crippen molar-refractivity contribution in [3.8, 4) is 69.0 Å². The quantitative estimate of drug-likeness (QED) is 0.0548. The largest absolute Gasteiger partial charge is 0.508 e. The fourth-order valence-electron chi connectivity index (χ4n) is 11.1. The van der Waals surface area contributed by atoms with Crippen molar-refractivity contribution in [3.05, 3.63) is 176 Å². The first-order valence-electron chi connectivity index (χ1n) is 31.1. The Morgan fingerprint density at radius 1 is 0.510 bits per heavy atom. The molecular formula is C68H71Cl2N11O17. The van der Waals surface area contributed by atoms with Crippen LogP contribution in [-0.2, 0) is 40.0 Å². The first-order valence-corrected chi connectivity index (χ1v) is 31.9. The van der Waals surface area contributed by atoms with Crippen molar-refractivity contribution in [1.82, 2.24) is 47.9 Å². The first kappa shape index (κ1) is 70.2. The van der Waals surface area contributed by atoms with Crippen molar-refractivity contribution in [1.29, 1.82) is 0 Å². The average molecular weight is 1390 g/mol. The van der Waals surface area contributed by atoms with Crippen molar-refractivity contribution in [2.24, 2.45) is 11.5 Å². The lowest BCUT2D eigenvalue weighted by molar-refractivity contribution is -0.137. The molecule has 0 spiro atoms. The molecule has 0 saturated heterocycles. The summed E-state index contributed by atoms with van der Waals surface area (Å²) in [5.41, 5.74) is 11.6. The third kappa shape index (κ3) is 17.1. The summed E-state index contributed by atoms with van der Waals surface area (Å²) in [6.07, 6.45) is 0.665. The zero-order valence-electron chi connectivity index (χ0n) is 52.1. The van der Waals surface area contributed by atoms with E-state index in [0.29, 0.717) is 31.6 Å². The number of rotatable bonds is 17. The predicted molar refractivity (Wildman–Crippen MR) is 355 cm³/mol. The number of aliphatic hydroxyl groups is 1. The maximum absolute atomic E-state index is 15.7. The summed E-state index contributed by atoms with van der Waals surface area (Å²) >= 11 is 13.8. The number of benzene rings is 7. The highest BCUT2D eigenvalue weighted by Gasteiger charge is 2.40. The number of fused-ring (bicyclic) bond motifs is 15. The van der Waals surface area contributed by atoms with Gasteiger partial charge in [0.15, 0.2) is 23.0 Å². The lowest BCUT2D eigenvalue weighted by Gasteiger charge is -2.30. The molecular weight excluding hydrogens is 1310 g/mol. The van der Waals surface area contributed by atoms with E-state index in [9.17, 15) is 50.1 Å². The van der Waals surface area contributed by atoms with Gasteiger partial charge in [0.2, 0.25) is 47.1 Å². The highest BCUT2D eigenvalue weighted by atomic mass is 35.5. The normalized spacial score (nSPS) is 19.6. The number of unbranched alkanes of at least 4 members (excludes halogenated alkanes) is 1. The van der Waals surface area contributed by atoms with E-state index in [2.05, 4.69) is 47.9 Å². The monoisotopic (exact) mass is 1380 g/mol. The second-order valence-corrected chi connectivity index (χ2v) is 24.2. The number of hydrogen-bond acceptors (Lipinski definition) is 21. The molecule has 98 heavy (non-hydrogen) atoms. The standard InChI is InChI=1S/C68H71Cl2N11O17/c69-45-21-33-5-13-49(45)97-52-29-39-30-53(61(52)88)98-50-14-9-36(27-46(50)70)60(87)59(68(95)79-56(37-23-41(83)31-42(84)24-37)64(91)75-20-4-19-74-17-2-1-16-73-18-3-15-71)81-65(92)55(34-6-10-40(82)11-7-34)78-67(94)58(39)80-66(93)57-38-25-43(85)32-44(26-38)96-51-28-35(8-12-48(51)86)54(72)63(90)76-47(22-33)62(89)77-57/h5-14,21,23-32,47,54-60,73-74,82-88H,1-4,15-20,22,71-72H2,(H,75,91)(H,76,90)(H,77,89)(H,78,94)(H,79,95)(H,80,93)(H,81,92)/t47-,54-,55-,56+,57+,58-,59+,60-/m1/s1. The molecule has 5 aliphatic heterocycles. The predicted octanol–water partition coefficient (Wildman–Crippen LogP) is 4.73. The molecule has 20 N–H and O–H groups in total. The van der Waals surface area contributed by atoms with E-state index in [1.54, 1.807) is 0 Å². The van der Waals surface area contributed by atoms with Crippen LogP contribution in [0.15, 0.2) is 127 Å². The zero-order valence-corrected chi connectivity index (χ0v) is 53.7. The number of phenols is 6. The van der Waals surface area contributed by atoms with E-state index < -0.39 is 130 Å². The SMILES string of the molecule is NCCCNCCCCNCCCNC(=O)[C@@H](NC(=O)[C@H]1NC(=O)[C@@H](c2ccc(O)cc2)NC(=O)[C@@H]2NC(=O)[C@H]3NC(=O)[C@@H](Cc4ccc(c(Cl)c4)Oc4cc2cc(c4O)Oc2ccc(cc2Cl)[C@H]1O)NC(=O)[C@H](N)c1ccc(O)c(c1)Oc1cc(O)cc3c1)c1cc(O)cc(O)c1. The second-order valence-electron chi connectivity index (χ2n) is 23.4. The van der Waals surface area contributed by atoms with Crippen molar-refractivity contribution < 1.29 is 83.5 Å². The number of carbonyl (C=O) groups excluding carboxylic acids is 7. The van der Waals surface area contributed by atoms with Crippen molar-refractivity contribution in [2.45, 2.75) is 80.5 Å². The molecule has 7 amide bonds. The molecule has 12 rings (SSSR count). The topological polar surface area (TPSA) is 449 Å². The molecule has 0 aliphatic carbocycles. The van der Waals surface area contributed by atoms with Crippen LogP contribution in [0.4, 0.5) is 0 Å². The summed E-state index contributed by atoms with van der Waals surface area (Å²) in [7, 11) is 0. The van der Waals surface area contributed by atoms with Gasteiger partial charge in [-0.2, -0.15) is 0 Å². The summed E-state index contributed by atoms with van der Waals surface area (Å²) in [5.74, 6) is -12.6. The van der Waals surface area contributed by atoms with Crippen LogP contribution < -0.4 is 73.5 Å². The van der Waals surface area contributed by atoms with Crippen LogP contribution >= 0.6 is 23.2 Å². The number of aromatic hydroxyl groups is 6. The minimum atomic E-state index is -2.15. The van der Waals surface area contributed by atoms with Gasteiger partial charge in [0, 0.05) is 25.1 Å². The Kier molecular flexibility index (Phi) is 22.6. The number of hydrogen-bond donors (Lipinski definition) is 18. The second kappa shape index (κ2) is 31.5. The molecule has 28 nitrogen and oxygen atoms in total. The van der Waals surface area contributed by atoms with Crippen molar-refractivity contribution in [3.63, 3.8) is 0 Å². The van der Waals surface area contributed by atoms with Crippen molar-refractivity contribution >= 4 is 64.6 Å². The molecule has 30 heteroatoms. The maximum atomic E-state index is 15.7. The lowest BCUT2D eigenvalue weighted by atomic mass is 9.97. The zero-order chi connectivity index (χ0) is 69.9. The van der Waals surface area contributed by atoms with E-state index in [1.165, 1.54) is 72.8 Å². The van der Waals surface area contributed by atoms with Crippen LogP contribution in [0.25, 0.3) is 0 Å². The molecule has 0 radical (unpaired) electrons.